The molecule has 0 aliphatic carbocycles. The Labute approximate surface area is 116 Å². The van der Waals surface area contributed by atoms with Crippen LogP contribution in [-0.2, 0) is 0 Å². The van der Waals surface area contributed by atoms with Crippen LogP contribution in [0.15, 0.2) is 24.3 Å². The van der Waals surface area contributed by atoms with Gasteiger partial charge in [0.15, 0.2) is 5.65 Å². The highest BCUT2D eigenvalue weighted by Gasteiger charge is 2.20. The van der Waals surface area contributed by atoms with Gasteiger partial charge >= 0.3 is 0 Å². The van der Waals surface area contributed by atoms with E-state index in [0.29, 0.717) is 5.82 Å². The van der Waals surface area contributed by atoms with Crippen molar-refractivity contribution in [1.82, 2.24) is 20.0 Å². The Balaban J connectivity index is 2.32. The quantitative estimate of drug-likeness (QED) is 0.766. The molecule has 3 aromatic rings. The van der Waals surface area contributed by atoms with Crippen molar-refractivity contribution in [3.63, 3.8) is 0 Å². The van der Waals surface area contributed by atoms with Gasteiger partial charge in [0.05, 0.1) is 18.2 Å². The number of benzene rings is 1. The standard InChI is InChI=1S/C14H17N5O/c1-8(2)12-11-13(15)16-17-14(11)19(18-12)9-6-4-5-7-10(9)20-3/h4-8H,1-3H3,(H3,15,16,17). The number of aromatic nitrogens is 4. The van der Waals surface area contributed by atoms with Crippen LogP contribution in [0, 0.1) is 0 Å². The zero-order chi connectivity index (χ0) is 14.3. The summed E-state index contributed by atoms with van der Waals surface area (Å²) in [5, 5.41) is 12.6. The number of H-pyrrole nitrogens is 1. The minimum atomic E-state index is 0.258. The molecule has 0 radical (unpaired) electrons. The van der Waals surface area contributed by atoms with Gasteiger partial charge in [-0.05, 0) is 18.1 Å². The number of nitrogens with one attached hydrogen (secondary N) is 1. The Bertz CT molecular complexity index is 756. The van der Waals surface area contributed by atoms with Crippen LogP contribution in [0.2, 0.25) is 0 Å². The number of aromatic amines is 1. The van der Waals surface area contributed by atoms with Gasteiger partial charge in [-0.15, -0.1) is 0 Å². The zero-order valence-corrected chi connectivity index (χ0v) is 11.7. The number of para-hydroxylation sites is 2. The van der Waals surface area contributed by atoms with Crippen LogP contribution < -0.4 is 10.5 Å². The SMILES string of the molecule is COc1ccccc1-n1nc(C(C)C)c2c(N)[nH]nc21. The van der Waals surface area contributed by atoms with Crippen molar-refractivity contribution in [1.29, 1.82) is 0 Å². The summed E-state index contributed by atoms with van der Waals surface area (Å²) in [5.74, 6) is 1.55. The average molecular weight is 271 g/mol. The first kappa shape index (κ1) is 12.5. The highest BCUT2D eigenvalue weighted by molar-refractivity contribution is 5.90. The third-order valence-corrected chi connectivity index (χ3v) is 3.30. The molecule has 2 heterocycles. The average Bonchev–Trinajstić information content (AvgIpc) is 3.00. The molecule has 0 aliphatic rings. The number of ether oxygens (including phenoxy) is 1. The predicted octanol–water partition coefficient (Wildman–Crippen LogP) is 2.46. The van der Waals surface area contributed by atoms with Crippen molar-refractivity contribution in [2.75, 3.05) is 12.8 Å². The number of rotatable bonds is 3. The number of nitrogen functional groups attached to an aromatic ring is 1. The molecule has 6 heteroatoms. The van der Waals surface area contributed by atoms with Crippen molar-refractivity contribution >= 4 is 16.9 Å². The number of fused-ring (bicyclic) bond motifs is 1. The minimum absolute atomic E-state index is 0.258. The van der Waals surface area contributed by atoms with Crippen LogP contribution in [0.5, 0.6) is 5.75 Å². The van der Waals surface area contributed by atoms with Gasteiger partial charge in [-0.1, -0.05) is 26.0 Å². The Morgan fingerprint density at radius 3 is 2.75 bits per heavy atom. The molecule has 0 spiro atoms. The van der Waals surface area contributed by atoms with E-state index >= 15 is 0 Å². The van der Waals surface area contributed by atoms with Gasteiger partial charge in [0.2, 0.25) is 0 Å². The molecule has 0 saturated carbocycles. The minimum Gasteiger partial charge on any atom is -0.494 e. The summed E-state index contributed by atoms with van der Waals surface area (Å²) in [7, 11) is 1.64. The molecule has 104 valence electrons. The van der Waals surface area contributed by atoms with E-state index in [2.05, 4.69) is 29.1 Å². The molecule has 0 fully saturated rings. The molecular formula is C14H17N5O. The second kappa shape index (κ2) is 4.56. The van der Waals surface area contributed by atoms with E-state index in [4.69, 9.17) is 10.5 Å². The Morgan fingerprint density at radius 1 is 1.30 bits per heavy atom. The molecule has 0 unspecified atom stereocenters. The molecule has 1 aromatic carbocycles. The van der Waals surface area contributed by atoms with Gasteiger partial charge < -0.3 is 10.5 Å². The van der Waals surface area contributed by atoms with Gasteiger partial charge in [0.1, 0.15) is 17.3 Å². The summed E-state index contributed by atoms with van der Waals surface area (Å²) in [5.41, 5.74) is 8.47. The molecule has 3 rings (SSSR count). The highest BCUT2D eigenvalue weighted by atomic mass is 16.5. The van der Waals surface area contributed by atoms with Crippen molar-refractivity contribution in [3.05, 3.63) is 30.0 Å². The smallest absolute Gasteiger partial charge is 0.186 e. The fourth-order valence-electron chi connectivity index (χ4n) is 2.33. The normalized spacial score (nSPS) is 11.4. The number of nitrogens with two attached hydrogens (primary N) is 1. The van der Waals surface area contributed by atoms with Gasteiger partial charge in [-0.2, -0.15) is 10.2 Å². The maximum absolute atomic E-state index is 5.97. The van der Waals surface area contributed by atoms with Crippen LogP contribution in [0.4, 0.5) is 5.82 Å². The van der Waals surface area contributed by atoms with Gasteiger partial charge in [-0.3, -0.25) is 5.10 Å². The van der Waals surface area contributed by atoms with Gasteiger partial charge in [0, 0.05) is 0 Å². The van der Waals surface area contributed by atoms with E-state index in [9.17, 15) is 0 Å². The van der Waals surface area contributed by atoms with E-state index < -0.39 is 0 Å². The van der Waals surface area contributed by atoms with E-state index in [0.717, 1.165) is 28.2 Å². The molecule has 0 atom stereocenters. The lowest BCUT2D eigenvalue weighted by Crippen LogP contribution is -2.02. The van der Waals surface area contributed by atoms with E-state index in [1.807, 2.05) is 24.3 Å². The lowest BCUT2D eigenvalue weighted by Gasteiger charge is -2.08. The molecule has 0 amide bonds. The topological polar surface area (TPSA) is 81.8 Å². The maximum atomic E-state index is 5.97. The molecule has 2 aromatic heterocycles. The van der Waals surface area contributed by atoms with Crippen molar-refractivity contribution in [3.8, 4) is 11.4 Å². The number of anilines is 1. The molecule has 20 heavy (non-hydrogen) atoms. The number of hydrogen-bond donors (Lipinski definition) is 2. The third-order valence-electron chi connectivity index (χ3n) is 3.30. The number of methoxy groups -OCH3 is 1. The molecular weight excluding hydrogens is 254 g/mol. The fourth-order valence-corrected chi connectivity index (χ4v) is 2.33. The number of nitrogens with zero attached hydrogens (tertiary/aromatic N) is 3. The summed E-state index contributed by atoms with van der Waals surface area (Å²) in [4.78, 5) is 0. The highest BCUT2D eigenvalue weighted by Crippen LogP contribution is 2.32. The monoisotopic (exact) mass is 271 g/mol. The Kier molecular flexibility index (Phi) is 2.85. The van der Waals surface area contributed by atoms with Gasteiger partial charge in [-0.25, -0.2) is 4.68 Å². The Morgan fingerprint density at radius 2 is 2.05 bits per heavy atom. The molecule has 6 nitrogen and oxygen atoms in total. The number of hydrogen-bond acceptors (Lipinski definition) is 4. The fraction of sp³-hybridized carbons (Fsp3) is 0.286. The zero-order valence-electron chi connectivity index (χ0n) is 11.7. The first-order valence-corrected chi connectivity index (χ1v) is 6.49. The van der Waals surface area contributed by atoms with Crippen LogP contribution in [-0.4, -0.2) is 27.1 Å². The van der Waals surface area contributed by atoms with Crippen LogP contribution >= 0.6 is 0 Å². The van der Waals surface area contributed by atoms with E-state index in [1.54, 1.807) is 11.8 Å². The maximum Gasteiger partial charge on any atom is 0.186 e. The predicted molar refractivity (Wildman–Crippen MR) is 78.3 cm³/mol. The first-order chi connectivity index (χ1) is 9.63. The summed E-state index contributed by atoms with van der Waals surface area (Å²) >= 11 is 0. The van der Waals surface area contributed by atoms with Crippen molar-refractivity contribution in [2.45, 2.75) is 19.8 Å². The van der Waals surface area contributed by atoms with Crippen LogP contribution in [0.3, 0.4) is 0 Å². The lowest BCUT2D eigenvalue weighted by atomic mass is 10.1. The lowest BCUT2D eigenvalue weighted by molar-refractivity contribution is 0.412. The van der Waals surface area contributed by atoms with Crippen LogP contribution in [0.1, 0.15) is 25.5 Å². The summed E-state index contributed by atoms with van der Waals surface area (Å²) < 4.78 is 7.17. The molecule has 0 aliphatic heterocycles. The van der Waals surface area contributed by atoms with Crippen LogP contribution in [0.25, 0.3) is 16.7 Å². The Hall–Kier alpha value is -2.50. The first-order valence-electron chi connectivity index (χ1n) is 6.49. The second-order valence-corrected chi connectivity index (χ2v) is 4.96. The van der Waals surface area contributed by atoms with E-state index in [-0.39, 0.29) is 5.92 Å². The van der Waals surface area contributed by atoms with E-state index in [1.165, 1.54) is 0 Å². The molecule has 0 bridgehead atoms. The second-order valence-electron chi connectivity index (χ2n) is 4.96. The molecule has 3 N–H and O–H groups in total. The van der Waals surface area contributed by atoms with Gasteiger partial charge in [0.25, 0.3) is 0 Å². The summed E-state index contributed by atoms with van der Waals surface area (Å²) in [6, 6.07) is 7.70. The van der Waals surface area contributed by atoms with Crippen molar-refractivity contribution in [2.24, 2.45) is 0 Å². The summed E-state index contributed by atoms with van der Waals surface area (Å²) in [6.45, 7) is 4.17. The van der Waals surface area contributed by atoms with Crippen molar-refractivity contribution < 1.29 is 4.74 Å². The third kappa shape index (κ3) is 1.72. The summed E-state index contributed by atoms with van der Waals surface area (Å²) in [6.07, 6.45) is 0. The molecule has 0 saturated heterocycles. The largest absolute Gasteiger partial charge is 0.494 e.